The van der Waals surface area contributed by atoms with Crippen molar-refractivity contribution in [1.82, 2.24) is 20.1 Å². The first-order valence-corrected chi connectivity index (χ1v) is 8.99. The highest BCUT2D eigenvalue weighted by atomic mass is 16.5. The van der Waals surface area contributed by atoms with Gasteiger partial charge in [-0.15, -0.1) is 0 Å². The number of nitrogens with one attached hydrogen (secondary N) is 1. The Hall–Kier alpha value is -2.64. The molecule has 0 atom stereocenters. The van der Waals surface area contributed by atoms with Crippen LogP contribution < -0.4 is 10.1 Å². The normalized spacial score (nSPS) is 17.4. The van der Waals surface area contributed by atoms with E-state index in [1.54, 1.807) is 12.3 Å². The van der Waals surface area contributed by atoms with Crippen molar-refractivity contribution >= 4 is 17.7 Å². The molecule has 3 rings (SSSR count). The Morgan fingerprint density at radius 2 is 1.96 bits per heavy atom. The molecule has 1 saturated heterocycles. The van der Waals surface area contributed by atoms with E-state index >= 15 is 0 Å². The summed E-state index contributed by atoms with van der Waals surface area (Å²) in [4.78, 5) is 42.9. The molecular weight excluding hydrogens is 336 g/mol. The summed E-state index contributed by atoms with van der Waals surface area (Å²) in [7, 11) is 0. The number of ether oxygens (including phenoxy) is 1. The topological polar surface area (TPSA) is 91.8 Å². The van der Waals surface area contributed by atoms with Crippen LogP contribution in [0.3, 0.4) is 0 Å². The van der Waals surface area contributed by atoms with Gasteiger partial charge in [0.15, 0.2) is 0 Å². The SMILES string of the molecule is CCN1CCN(CC(=O)NCc2ccc(OCC3CC3)nc2)C(=O)C1=O. The van der Waals surface area contributed by atoms with Crippen LogP contribution >= 0.6 is 0 Å². The van der Waals surface area contributed by atoms with Crippen molar-refractivity contribution in [2.45, 2.75) is 26.3 Å². The molecule has 140 valence electrons. The molecule has 0 aromatic carbocycles. The first-order valence-electron chi connectivity index (χ1n) is 8.99. The lowest BCUT2D eigenvalue weighted by Crippen LogP contribution is -2.56. The number of likely N-dealkylation sites (N-methyl/N-ethyl adjacent to an activating group) is 1. The molecule has 0 spiro atoms. The summed E-state index contributed by atoms with van der Waals surface area (Å²) in [5, 5.41) is 2.75. The second-order valence-electron chi connectivity index (χ2n) is 6.65. The van der Waals surface area contributed by atoms with Crippen LogP contribution in [0.5, 0.6) is 5.88 Å². The number of hydrogen-bond donors (Lipinski definition) is 1. The lowest BCUT2D eigenvalue weighted by molar-refractivity contribution is -0.156. The van der Waals surface area contributed by atoms with Crippen LogP contribution in [-0.4, -0.2) is 65.3 Å². The second-order valence-corrected chi connectivity index (χ2v) is 6.65. The van der Waals surface area contributed by atoms with Gasteiger partial charge >= 0.3 is 11.8 Å². The first-order chi connectivity index (χ1) is 12.6. The van der Waals surface area contributed by atoms with Gasteiger partial charge in [0.25, 0.3) is 0 Å². The molecule has 3 amide bonds. The van der Waals surface area contributed by atoms with Crippen molar-refractivity contribution < 1.29 is 19.1 Å². The summed E-state index contributed by atoms with van der Waals surface area (Å²) < 4.78 is 5.57. The maximum atomic E-state index is 12.1. The fraction of sp³-hybridized carbons (Fsp3) is 0.556. The van der Waals surface area contributed by atoms with E-state index < -0.39 is 11.8 Å². The van der Waals surface area contributed by atoms with E-state index in [1.165, 1.54) is 22.6 Å². The minimum absolute atomic E-state index is 0.113. The van der Waals surface area contributed by atoms with Gasteiger partial charge in [-0.25, -0.2) is 4.98 Å². The van der Waals surface area contributed by atoms with E-state index in [4.69, 9.17) is 4.74 Å². The molecule has 0 bridgehead atoms. The molecule has 1 aliphatic carbocycles. The number of nitrogens with zero attached hydrogens (tertiary/aromatic N) is 3. The third kappa shape index (κ3) is 4.71. The number of pyridine rings is 1. The van der Waals surface area contributed by atoms with Crippen molar-refractivity contribution in [3.05, 3.63) is 23.9 Å². The third-order valence-corrected chi connectivity index (χ3v) is 4.56. The molecule has 1 aliphatic heterocycles. The van der Waals surface area contributed by atoms with Gasteiger partial charge in [0.05, 0.1) is 6.61 Å². The third-order valence-electron chi connectivity index (χ3n) is 4.56. The molecule has 2 fully saturated rings. The molecule has 8 nitrogen and oxygen atoms in total. The van der Waals surface area contributed by atoms with E-state index in [9.17, 15) is 14.4 Å². The summed E-state index contributed by atoms with van der Waals surface area (Å²) in [5.41, 5.74) is 0.843. The number of piperazine rings is 1. The number of amides is 3. The van der Waals surface area contributed by atoms with Crippen LogP contribution in [-0.2, 0) is 20.9 Å². The van der Waals surface area contributed by atoms with E-state index in [-0.39, 0.29) is 12.5 Å². The van der Waals surface area contributed by atoms with Gasteiger partial charge in [0.1, 0.15) is 6.54 Å². The van der Waals surface area contributed by atoms with Gasteiger partial charge in [-0.1, -0.05) is 6.07 Å². The summed E-state index contributed by atoms with van der Waals surface area (Å²) in [5.74, 6) is -0.204. The predicted octanol–water partition coefficient (Wildman–Crippen LogP) is 0.177. The largest absolute Gasteiger partial charge is 0.477 e. The van der Waals surface area contributed by atoms with E-state index in [0.29, 0.717) is 44.6 Å². The highest BCUT2D eigenvalue weighted by Gasteiger charge is 2.32. The van der Waals surface area contributed by atoms with E-state index in [1.807, 2.05) is 13.0 Å². The van der Waals surface area contributed by atoms with Gasteiger partial charge in [-0.3, -0.25) is 14.4 Å². The first kappa shape index (κ1) is 18.2. The van der Waals surface area contributed by atoms with Crippen molar-refractivity contribution in [3.63, 3.8) is 0 Å². The Morgan fingerprint density at radius 3 is 2.62 bits per heavy atom. The predicted molar refractivity (Wildman–Crippen MR) is 93.1 cm³/mol. The van der Waals surface area contributed by atoms with Crippen molar-refractivity contribution in [2.75, 3.05) is 32.8 Å². The molecule has 1 aromatic heterocycles. The molecule has 8 heteroatoms. The Kier molecular flexibility index (Phi) is 5.70. The monoisotopic (exact) mass is 360 g/mol. The summed E-state index contributed by atoms with van der Waals surface area (Å²) in [6, 6.07) is 3.64. The molecule has 2 heterocycles. The summed E-state index contributed by atoms with van der Waals surface area (Å²) >= 11 is 0. The molecule has 0 radical (unpaired) electrons. The smallest absolute Gasteiger partial charge is 0.312 e. The van der Waals surface area contributed by atoms with Crippen LogP contribution in [0, 0.1) is 5.92 Å². The minimum atomic E-state index is -0.618. The number of carbonyl (C=O) groups excluding carboxylic acids is 3. The van der Waals surface area contributed by atoms with Crippen LogP contribution in [0.4, 0.5) is 0 Å². The van der Waals surface area contributed by atoms with Crippen molar-refractivity contribution in [3.8, 4) is 5.88 Å². The molecule has 1 saturated carbocycles. The number of carbonyl (C=O) groups is 3. The lowest BCUT2D eigenvalue weighted by atomic mass is 10.2. The quantitative estimate of drug-likeness (QED) is 0.668. The average molecular weight is 360 g/mol. The number of hydrogen-bond acceptors (Lipinski definition) is 5. The number of aromatic nitrogens is 1. The Labute approximate surface area is 152 Å². The van der Waals surface area contributed by atoms with Gasteiger partial charge in [-0.05, 0) is 31.2 Å². The number of rotatable bonds is 8. The standard InChI is InChI=1S/C18H24N4O4/c1-2-21-7-8-22(18(25)17(21)24)11-15(23)19-9-14-5-6-16(20-10-14)26-12-13-3-4-13/h5-6,10,13H,2-4,7-9,11-12H2,1H3,(H,19,23). The molecule has 1 N–H and O–H groups in total. The Bertz CT molecular complexity index is 672. The molecular formula is C18H24N4O4. The summed E-state index contributed by atoms with van der Waals surface area (Å²) in [6.45, 7) is 4.06. The molecule has 26 heavy (non-hydrogen) atoms. The van der Waals surface area contributed by atoms with Crippen LogP contribution in [0.25, 0.3) is 0 Å². The fourth-order valence-corrected chi connectivity index (χ4v) is 2.69. The van der Waals surface area contributed by atoms with Crippen LogP contribution in [0.15, 0.2) is 18.3 Å². The van der Waals surface area contributed by atoms with Crippen molar-refractivity contribution in [1.29, 1.82) is 0 Å². The fourth-order valence-electron chi connectivity index (χ4n) is 2.69. The highest BCUT2D eigenvalue weighted by molar-refractivity contribution is 6.35. The average Bonchev–Trinajstić information content (AvgIpc) is 3.48. The Morgan fingerprint density at radius 1 is 1.23 bits per heavy atom. The lowest BCUT2D eigenvalue weighted by Gasteiger charge is -2.32. The zero-order chi connectivity index (χ0) is 18.5. The zero-order valence-electron chi connectivity index (χ0n) is 14.9. The maximum Gasteiger partial charge on any atom is 0.312 e. The van der Waals surface area contributed by atoms with Crippen LogP contribution in [0.1, 0.15) is 25.3 Å². The second kappa shape index (κ2) is 8.16. The van der Waals surface area contributed by atoms with Crippen LogP contribution in [0.2, 0.25) is 0 Å². The maximum absolute atomic E-state index is 12.1. The van der Waals surface area contributed by atoms with Gasteiger partial charge in [0, 0.05) is 38.4 Å². The van der Waals surface area contributed by atoms with Gasteiger partial charge in [-0.2, -0.15) is 0 Å². The van der Waals surface area contributed by atoms with E-state index in [0.717, 1.165) is 5.56 Å². The summed E-state index contributed by atoms with van der Waals surface area (Å²) in [6.07, 6.45) is 4.12. The minimum Gasteiger partial charge on any atom is -0.477 e. The van der Waals surface area contributed by atoms with Crippen molar-refractivity contribution in [2.24, 2.45) is 5.92 Å². The van der Waals surface area contributed by atoms with Gasteiger partial charge < -0.3 is 19.9 Å². The molecule has 0 unspecified atom stereocenters. The molecule has 1 aromatic rings. The molecule has 2 aliphatic rings. The Balaban J connectivity index is 1.42. The van der Waals surface area contributed by atoms with Gasteiger partial charge in [0.2, 0.25) is 11.8 Å². The van der Waals surface area contributed by atoms with E-state index in [2.05, 4.69) is 10.3 Å². The zero-order valence-corrected chi connectivity index (χ0v) is 14.9. The highest BCUT2D eigenvalue weighted by Crippen LogP contribution is 2.29.